The maximum Gasteiger partial charge on any atom is 0.178 e. The predicted molar refractivity (Wildman–Crippen MR) is 56.4 cm³/mol. The summed E-state index contributed by atoms with van der Waals surface area (Å²) in [6.07, 6.45) is 6.54. The van der Waals surface area contributed by atoms with Crippen molar-refractivity contribution in [3.8, 4) is 0 Å². The van der Waals surface area contributed by atoms with Crippen molar-refractivity contribution in [2.45, 2.75) is 33.2 Å². The minimum absolute atomic E-state index is 0. The zero-order valence-electron chi connectivity index (χ0n) is 8.96. The quantitative estimate of drug-likeness (QED) is 0.533. The molecule has 0 N–H and O–H groups in total. The summed E-state index contributed by atoms with van der Waals surface area (Å²) in [5.74, 6) is 0. The molecule has 78 valence electrons. The van der Waals surface area contributed by atoms with Crippen molar-refractivity contribution >= 4 is 6.08 Å². The van der Waals surface area contributed by atoms with Gasteiger partial charge in [-0.05, 0) is 6.07 Å². The molecule has 1 heterocycles. The number of rotatable bonds is 4. The van der Waals surface area contributed by atoms with Gasteiger partial charge in [-0.2, -0.15) is 0 Å². The lowest BCUT2D eigenvalue weighted by Crippen LogP contribution is -3.00. The SMILES string of the molecule is C=Cc1ccc(C)[n+](CCCC)c1.[I-]. The fourth-order valence-electron chi connectivity index (χ4n) is 1.33. The minimum atomic E-state index is 0. The molecule has 0 spiro atoms. The summed E-state index contributed by atoms with van der Waals surface area (Å²) >= 11 is 0. The van der Waals surface area contributed by atoms with Gasteiger partial charge in [-0.15, -0.1) is 0 Å². The molecule has 1 nitrogen and oxygen atoms in total. The molecule has 0 fully saturated rings. The lowest BCUT2D eigenvalue weighted by molar-refractivity contribution is -0.703. The van der Waals surface area contributed by atoms with Gasteiger partial charge in [0.15, 0.2) is 11.9 Å². The number of aryl methyl sites for hydroxylation is 2. The van der Waals surface area contributed by atoms with E-state index < -0.39 is 0 Å². The number of nitrogens with zero attached hydrogens (tertiary/aromatic N) is 1. The largest absolute Gasteiger partial charge is 1.00 e. The summed E-state index contributed by atoms with van der Waals surface area (Å²) in [6.45, 7) is 9.24. The smallest absolute Gasteiger partial charge is 0.178 e. The van der Waals surface area contributed by atoms with Crippen LogP contribution in [-0.4, -0.2) is 0 Å². The molecule has 0 saturated heterocycles. The highest BCUT2D eigenvalue weighted by molar-refractivity contribution is 5.43. The molecule has 0 aliphatic heterocycles. The maximum absolute atomic E-state index is 3.77. The minimum Gasteiger partial charge on any atom is -1.00 e. The van der Waals surface area contributed by atoms with E-state index in [1.54, 1.807) is 0 Å². The highest BCUT2D eigenvalue weighted by Crippen LogP contribution is 1.99. The van der Waals surface area contributed by atoms with Gasteiger partial charge >= 0.3 is 0 Å². The molecular formula is C12H18IN. The summed E-state index contributed by atoms with van der Waals surface area (Å²) < 4.78 is 2.29. The molecular weight excluding hydrogens is 285 g/mol. The Bertz CT molecular complexity index is 294. The summed E-state index contributed by atoms with van der Waals surface area (Å²) in [6, 6.07) is 4.25. The lowest BCUT2D eigenvalue weighted by atomic mass is 10.2. The molecule has 1 rings (SSSR count). The molecule has 0 aliphatic carbocycles. The molecule has 0 saturated carbocycles. The van der Waals surface area contributed by atoms with E-state index in [0.717, 1.165) is 6.54 Å². The zero-order valence-corrected chi connectivity index (χ0v) is 11.1. The van der Waals surface area contributed by atoms with E-state index in [4.69, 9.17) is 0 Å². The van der Waals surface area contributed by atoms with Crippen molar-refractivity contribution in [2.24, 2.45) is 0 Å². The van der Waals surface area contributed by atoms with E-state index in [1.165, 1.54) is 24.1 Å². The Morgan fingerprint density at radius 3 is 2.71 bits per heavy atom. The average molecular weight is 303 g/mol. The van der Waals surface area contributed by atoms with Crippen molar-refractivity contribution in [3.63, 3.8) is 0 Å². The second-order valence-electron chi connectivity index (χ2n) is 3.35. The predicted octanol–water partition coefficient (Wildman–Crippen LogP) is -0.270. The highest BCUT2D eigenvalue weighted by Gasteiger charge is 2.04. The van der Waals surface area contributed by atoms with Crippen LogP contribution in [0.4, 0.5) is 0 Å². The molecule has 0 aliphatic rings. The molecule has 0 amide bonds. The van der Waals surface area contributed by atoms with Crippen molar-refractivity contribution in [3.05, 3.63) is 36.2 Å². The van der Waals surface area contributed by atoms with E-state index in [1.807, 2.05) is 6.08 Å². The average Bonchev–Trinajstić information content (AvgIpc) is 2.17. The standard InChI is InChI=1S/C12H18N.HI/c1-4-6-9-13-10-12(5-2)8-7-11(13)3;/h5,7-8,10H,2,4,6,9H2,1,3H3;1H/q+1;/p-1. The topological polar surface area (TPSA) is 3.88 Å². The number of halogens is 1. The number of hydrogen-bond acceptors (Lipinski definition) is 0. The Hall–Kier alpha value is -0.380. The van der Waals surface area contributed by atoms with E-state index in [0.29, 0.717) is 0 Å². The van der Waals surface area contributed by atoms with Crippen LogP contribution < -0.4 is 28.5 Å². The Morgan fingerprint density at radius 1 is 1.43 bits per heavy atom. The van der Waals surface area contributed by atoms with E-state index in [9.17, 15) is 0 Å². The summed E-state index contributed by atoms with van der Waals surface area (Å²) in [4.78, 5) is 0. The van der Waals surface area contributed by atoms with Gasteiger partial charge < -0.3 is 24.0 Å². The van der Waals surface area contributed by atoms with Crippen LogP contribution in [0.15, 0.2) is 24.9 Å². The van der Waals surface area contributed by atoms with Crippen LogP contribution in [0.5, 0.6) is 0 Å². The molecule has 0 radical (unpaired) electrons. The van der Waals surface area contributed by atoms with Crippen molar-refractivity contribution < 1.29 is 28.5 Å². The van der Waals surface area contributed by atoms with Crippen LogP contribution in [-0.2, 0) is 6.54 Å². The van der Waals surface area contributed by atoms with Crippen LogP contribution in [0.25, 0.3) is 6.08 Å². The first-order valence-corrected chi connectivity index (χ1v) is 4.90. The molecule has 0 atom stereocenters. The number of unbranched alkanes of at least 4 members (excludes halogenated alkanes) is 1. The van der Waals surface area contributed by atoms with Crippen LogP contribution in [0.1, 0.15) is 31.0 Å². The van der Waals surface area contributed by atoms with Crippen molar-refractivity contribution in [2.75, 3.05) is 0 Å². The van der Waals surface area contributed by atoms with E-state index in [-0.39, 0.29) is 24.0 Å². The van der Waals surface area contributed by atoms with Gasteiger partial charge in [0.2, 0.25) is 0 Å². The first-order chi connectivity index (χ1) is 6.27. The molecule has 0 bridgehead atoms. The monoisotopic (exact) mass is 303 g/mol. The van der Waals surface area contributed by atoms with Crippen molar-refractivity contribution in [1.29, 1.82) is 0 Å². The second-order valence-corrected chi connectivity index (χ2v) is 3.35. The van der Waals surface area contributed by atoms with Gasteiger partial charge in [0, 0.05) is 25.0 Å². The van der Waals surface area contributed by atoms with Crippen LogP contribution in [0.2, 0.25) is 0 Å². The fourth-order valence-corrected chi connectivity index (χ4v) is 1.33. The first kappa shape index (κ1) is 13.6. The van der Waals surface area contributed by atoms with E-state index in [2.05, 4.69) is 43.3 Å². The molecule has 0 unspecified atom stereocenters. The zero-order chi connectivity index (χ0) is 9.68. The lowest BCUT2D eigenvalue weighted by Gasteiger charge is -2.00. The van der Waals surface area contributed by atoms with E-state index >= 15 is 0 Å². The first-order valence-electron chi connectivity index (χ1n) is 4.90. The molecule has 1 aromatic heterocycles. The Morgan fingerprint density at radius 2 is 2.14 bits per heavy atom. The third-order valence-electron chi connectivity index (χ3n) is 2.26. The Balaban J connectivity index is 0.00000169. The molecule has 1 aromatic rings. The molecule has 2 heteroatoms. The van der Waals surface area contributed by atoms with Gasteiger partial charge in [-0.3, -0.25) is 0 Å². The second kappa shape index (κ2) is 6.98. The third-order valence-corrected chi connectivity index (χ3v) is 2.26. The van der Waals surface area contributed by atoms with Crippen molar-refractivity contribution in [1.82, 2.24) is 0 Å². The summed E-state index contributed by atoms with van der Waals surface area (Å²) in [7, 11) is 0. The summed E-state index contributed by atoms with van der Waals surface area (Å²) in [5, 5.41) is 0. The van der Waals surface area contributed by atoms with Gasteiger partial charge in [-0.1, -0.05) is 26.0 Å². The molecule has 14 heavy (non-hydrogen) atoms. The summed E-state index contributed by atoms with van der Waals surface area (Å²) in [5.41, 5.74) is 2.51. The Kier molecular flexibility index (Phi) is 6.79. The van der Waals surface area contributed by atoms with Crippen LogP contribution in [0.3, 0.4) is 0 Å². The maximum atomic E-state index is 3.77. The number of pyridine rings is 1. The third kappa shape index (κ3) is 3.78. The molecule has 0 aromatic carbocycles. The normalized spacial score (nSPS) is 9.29. The highest BCUT2D eigenvalue weighted by atomic mass is 127. The Labute approximate surface area is 104 Å². The van der Waals surface area contributed by atoms with Crippen LogP contribution in [0, 0.1) is 6.92 Å². The van der Waals surface area contributed by atoms with Gasteiger partial charge in [0.25, 0.3) is 0 Å². The number of aromatic nitrogens is 1. The fraction of sp³-hybridized carbons (Fsp3) is 0.417. The van der Waals surface area contributed by atoms with Gasteiger partial charge in [0.05, 0.1) is 0 Å². The van der Waals surface area contributed by atoms with Gasteiger partial charge in [0.1, 0.15) is 6.54 Å². The number of hydrogen-bond donors (Lipinski definition) is 0. The van der Waals surface area contributed by atoms with Gasteiger partial charge in [-0.25, -0.2) is 4.57 Å². The van der Waals surface area contributed by atoms with Crippen LogP contribution >= 0.6 is 0 Å².